The van der Waals surface area contributed by atoms with Gasteiger partial charge in [-0.2, -0.15) is 0 Å². The molecule has 4 aromatic rings. The Kier molecular flexibility index (Phi) is 6.13. The van der Waals surface area contributed by atoms with Gasteiger partial charge in [-0.15, -0.1) is 11.3 Å². The maximum atomic E-state index is 13.5. The summed E-state index contributed by atoms with van der Waals surface area (Å²) in [6.07, 6.45) is 0.730. The summed E-state index contributed by atoms with van der Waals surface area (Å²) in [5.74, 6) is -1.25. The van der Waals surface area contributed by atoms with Gasteiger partial charge in [-0.1, -0.05) is 47.5 Å². The molecule has 5 rings (SSSR count). The van der Waals surface area contributed by atoms with E-state index in [1.165, 1.54) is 17.7 Å². The maximum absolute atomic E-state index is 13.5. The maximum Gasteiger partial charge on any atom is 0.259 e. The van der Waals surface area contributed by atoms with Crippen LogP contribution in [0.1, 0.15) is 26.3 Å². The molecular formula is C26H17Cl2FN2O2S. The Morgan fingerprint density at radius 1 is 0.941 bits per heavy atom. The second-order valence-corrected chi connectivity index (χ2v) is 9.50. The second kappa shape index (κ2) is 9.22. The lowest BCUT2D eigenvalue weighted by Crippen LogP contribution is -2.32. The van der Waals surface area contributed by atoms with E-state index in [1.54, 1.807) is 28.4 Å². The minimum Gasteiger partial charge on any atom is -0.322 e. The molecule has 0 saturated heterocycles. The van der Waals surface area contributed by atoms with Crippen molar-refractivity contribution in [3.8, 4) is 10.4 Å². The summed E-state index contributed by atoms with van der Waals surface area (Å²) in [5.41, 5.74) is 4.07. The molecule has 2 amide bonds. The number of thiophene rings is 1. The van der Waals surface area contributed by atoms with Gasteiger partial charge in [0.2, 0.25) is 0 Å². The Hall–Kier alpha value is -3.19. The lowest BCUT2D eigenvalue weighted by Gasteiger charge is -2.22. The van der Waals surface area contributed by atoms with Crippen molar-refractivity contribution in [1.82, 2.24) is 0 Å². The minimum absolute atomic E-state index is 0.00382. The summed E-state index contributed by atoms with van der Waals surface area (Å²) in [7, 11) is 0. The van der Waals surface area contributed by atoms with Gasteiger partial charge in [-0.3, -0.25) is 9.59 Å². The number of fused-ring (bicyclic) bond motifs is 3. The van der Waals surface area contributed by atoms with Gasteiger partial charge < -0.3 is 10.2 Å². The van der Waals surface area contributed by atoms with Crippen LogP contribution >= 0.6 is 34.5 Å². The molecule has 1 aromatic heterocycles. The molecule has 0 spiro atoms. The van der Waals surface area contributed by atoms with Crippen molar-refractivity contribution in [3.05, 3.63) is 105 Å². The summed E-state index contributed by atoms with van der Waals surface area (Å²) in [6, 6.07) is 18.4. The number of nitrogens with one attached hydrogen (secondary N) is 1. The molecule has 170 valence electrons. The average molecular weight is 511 g/mol. The third-order valence-corrected chi connectivity index (χ3v) is 7.24. The molecule has 0 unspecified atom stereocenters. The smallest absolute Gasteiger partial charge is 0.259 e. The van der Waals surface area contributed by atoms with Crippen LogP contribution in [0.15, 0.2) is 72.1 Å². The minimum atomic E-state index is -0.530. The molecule has 3 aromatic carbocycles. The Labute approximate surface area is 209 Å². The SMILES string of the molecule is O=C(Nc1ccc(C(=O)N2CCc3ccccc3-c3sccc32)c(Cl)c1)c1ccc(F)cc1Cl. The van der Waals surface area contributed by atoms with E-state index in [-0.39, 0.29) is 21.5 Å². The Bertz CT molecular complexity index is 1440. The molecule has 1 aliphatic rings. The van der Waals surface area contributed by atoms with E-state index >= 15 is 0 Å². The van der Waals surface area contributed by atoms with Crippen LogP contribution in [0.5, 0.6) is 0 Å². The molecule has 0 bridgehead atoms. The topological polar surface area (TPSA) is 49.4 Å². The highest BCUT2D eigenvalue weighted by Crippen LogP contribution is 2.41. The normalized spacial score (nSPS) is 12.5. The molecule has 0 saturated carbocycles. The van der Waals surface area contributed by atoms with Gasteiger partial charge in [-0.05, 0) is 65.4 Å². The van der Waals surface area contributed by atoms with Gasteiger partial charge in [0.25, 0.3) is 11.8 Å². The predicted octanol–water partition coefficient (Wildman–Crippen LogP) is 7.32. The first-order chi connectivity index (χ1) is 16.4. The third-order valence-electron chi connectivity index (χ3n) is 5.68. The lowest BCUT2D eigenvalue weighted by molar-refractivity contribution is 0.0986. The summed E-state index contributed by atoms with van der Waals surface area (Å²) in [4.78, 5) is 28.9. The van der Waals surface area contributed by atoms with Crippen LogP contribution in [-0.4, -0.2) is 18.4 Å². The van der Waals surface area contributed by atoms with Crippen molar-refractivity contribution >= 4 is 57.7 Å². The molecular weight excluding hydrogens is 494 g/mol. The fourth-order valence-electron chi connectivity index (χ4n) is 4.02. The molecule has 1 aliphatic heterocycles. The monoisotopic (exact) mass is 510 g/mol. The van der Waals surface area contributed by atoms with Crippen molar-refractivity contribution in [2.45, 2.75) is 6.42 Å². The Morgan fingerprint density at radius 2 is 1.71 bits per heavy atom. The van der Waals surface area contributed by atoms with Gasteiger partial charge in [0.15, 0.2) is 0 Å². The highest BCUT2D eigenvalue weighted by Gasteiger charge is 2.27. The number of carbonyl (C=O) groups excluding carboxylic acids is 2. The van der Waals surface area contributed by atoms with Crippen molar-refractivity contribution in [2.24, 2.45) is 0 Å². The van der Waals surface area contributed by atoms with Crippen LogP contribution in [0, 0.1) is 5.82 Å². The number of halogens is 3. The zero-order valence-corrected chi connectivity index (χ0v) is 20.0. The fraction of sp³-hybridized carbons (Fsp3) is 0.0769. The van der Waals surface area contributed by atoms with E-state index in [0.717, 1.165) is 34.7 Å². The van der Waals surface area contributed by atoms with Gasteiger partial charge in [0, 0.05) is 12.2 Å². The van der Waals surface area contributed by atoms with Crippen LogP contribution in [0.25, 0.3) is 10.4 Å². The number of benzene rings is 3. The van der Waals surface area contributed by atoms with Crippen molar-refractivity contribution in [1.29, 1.82) is 0 Å². The predicted molar refractivity (Wildman–Crippen MR) is 136 cm³/mol. The van der Waals surface area contributed by atoms with Crippen LogP contribution < -0.4 is 10.2 Å². The summed E-state index contributed by atoms with van der Waals surface area (Å²) in [6.45, 7) is 0.525. The number of amides is 2. The first kappa shape index (κ1) is 22.6. The molecule has 0 atom stereocenters. The first-order valence-electron chi connectivity index (χ1n) is 10.5. The van der Waals surface area contributed by atoms with Crippen LogP contribution in [0.3, 0.4) is 0 Å². The summed E-state index contributed by atoms with van der Waals surface area (Å²) in [5, 5.41) is 4.88. The molecule has 2 heterocycles. The van der Waals surface area contributed by atoms with Gasteiger partial charge in [0.05, 0.1) is 31.7 Å². The van der Waals surface area contributed by atoms with Crippen LogP contribution in [-0.2, 0) is 6.42 Å². The molecule has 1 N–H and O–H groups in total. The second-order valence-electron chi connectivity index (χ2n) is 7.77. The summed E-state index contributed by atoms with van der Waals surface area (Å²) < 4.78 is 13.3. The molecule has 0 radical (unpaired) electrons. The van der Waals surface area contributed by atoms with Crippen molar-refractivity contribution < 1.29 is 14.0 Å². The van der Waals surface area contributed by atoms with Crippen LogP contribution in [0.4, 0.5) is 15.8 Å². The van der Waals surface area contributed by atoms with Crippen LogP contribution in [0.2, 0.25) is 10.0 Å². The highest BCUT2D eigenvalue weighted by atomic mass is 35.5. The average Bonchev–Trinajstić information content (AvgIpc) is 3.23. The van der Waals surface area contributed by atoms with E-state index < -0.39 is 11.7 Å². The first-order valence-corrected chi connectivity index (χ1v) is 12.1. The fourth-order valence-corrected chi connectivity index (χ4v) is 5.50. The number of nitrogens with zero attached hydrogens (tertiary/aromatic N) is 1. The number of hydrogen-bond acceptors (Lipinski definition) is 3. The van der Waals surface area contributed by atoms with Crippen molar-refractivity contribution in [2.75, 3.05) is 16.8 Å². The molecule has 0 aliphatic carbocycles. The standard InChI is InChI=1S/C26H17Cl2FN2O2S/c27-21-13-16(29)5-7-19(21)25(32)30-17-6-8-20(22(28)14-17)26(33)31-11-9-15-3-1-2-4-18(15)24-23(31)10-12-34-24/h1-8,10,12-14H,9,11H2,(H,30,32). The number of rotatable bonds is 3. The number of hydrogen-bond donors (Lipinski definition) is 1. The molecule has 4 nitrogen and oxygen atoms in total. The Morgan fingerprint density at radius 3 is 2.50 bits per heavy atom. The third kappa shape index (κ3) is 4.20. The van der Waals surface area contributed by atoms with Gasteiger partial charge in [0.1, 0.15) is 5.82 Å². The zero-order valence-electron chi connectivity index (χ0n) is 17.6. The highest BCUT2D eigenvalue weighted by molar-refractivity contribution is 7.14. The summed E-state index contributed by atoms with van der Waals surface area (Å²) >= 11 is 14.1. The number of anilines is 2. The zero-order chi connectivity index (χ0) is 23.8. The van der Waals surface area contributed by atoms with E-state index in [9.17, 15) is 14.0 Å². The lowest BCUT2D eigenvalue weighted by atomic mass is 10.0. The van der Waals surface area contributed by atoms with Gasteiger partial charge in [-0.25, -0.2) is 4.39 Å². The number of carbonyl (C=O) groups is 2. The Balaban J connectivity index is 1.40. The van der Waals surface area contributed by atoms with E-state index in [4.69, 9.17) is 23.2 Å². The van der Waals surface area contributed by atoms with E-state index in [0.29, 0.717) is 17.8 Å². The quantitative estimate of drug-likeness (QED) is 0.314. The van der Waals surface area contributed by atoms with E-state index in [2.05, 4.69) is 17.4 Å². The molecule has 0 fully saturated rings. The largest absolute Gasteiger partial charge is 0.322 e. The van der Waals surface area contributed by atoms with Crippen molar-refractivity contribution in [3.63, 3.8) is 0 Å². The molecule has 8 heteroatoms. The molecule has 34 heavy (non-hydrogen) atoms. The van der Waals surface area contributed by atoms with E-state index in [1.807, 2.05) is 23.6 Å². The van der Waals surface area contributed by atoms with Gasteiger partial charge >= 0.3 is 0 Å².